The average molecular weight is 213 g/mol. The predicted octanol–water partition coefficient (Wildman–Crippen LogP) is 0.969. The van der Waals surface area contributed by atoms with E-state index < -0.39 is 12.0 Å². The molecule has 0 unspecified atom stereocenters. The first-order chi connectivity index (χ1) is 6.93. The fourth-order valence-electron chi connectivity index (χ4n) is 1.51. The first kappa shape index (κ1) is 11.7. The fourth-order valence-corrected chi connectivity index (χ4v) is 1.51. The highest BCUT2D eigenvalue weighted by atomic mass is 16.6. The number of nitrogens with zero attached hydrogens (tertiary/aromatic N) is 1. The van der Waals surface area contributed by atoms with Gasteiger partial charge in [0.15, 0.2) is 0 Å². The van der Waals surface area contributed by atoms with Crippen LogP contribution in [-0.4, -0.2) is 35.3 Å². The summed E-state index contributed by atoms with van der Waals surface area (Å²) in [5.41, 5.74) is 0. The zero-order valence-corrected chi connectivity index (χ0v) is 9.15. The number of hydrogen-bond acceptors (Lipinski definition) is 4. The molecule has 0 saturated carbocycles. The van der Waals surface area contributed by atoms with Crippen LogP contribution >= 0.6 is 0 Å². The number of ether oxygens (including phenoxy) is 1. The summed E-state index contributed by atoms with van der Waals surface area (Å²) < 4.78 is 4.80. The number of cyclic esters (lactones) is 1. The van der Waals surface area contributed by atoms with E-state index in [4.69, 9.17) is 4.74 Å². The van der Waals surface area contributed by atoms with Gasteiger partial charge in [-0.1, -0.05) is 13.8 Å². The summed E-state index contributed by atoms with van der Waals surface area (Å²) >= 11 is 0. The van der Waals surface area contributed by atoms with E-state index in [2.05, 4.69) is 0 Å². The summed E-state index contributed by atoms with van der Waals surface area (Å²) in [6.07, 6.45) is -0.877. The summed E-state index contributed by atoms with van der Waals surface area (Å²) in [7, 11) is 0. The van der Waals surface area contributed by atoms with E-state index in [1.165, 1.54) is 6.92 Å². The van der Waals surface area contributed by atoms with E-state index in [0.717, 1.165) is 4.90 Å². The minimum absolute atomic E-state index is 0.132. The van der Waals surface area contributed by atoms with Crippen LogP contribution in [0.5, 0.6) is 0 Å². The van der Waals surface area contributed by atoms with Crippen molar-refractivity contribution in [3.63, 3.8) is 0 Å². The van der Waals surface area contributed by atoms with E-state index in [-0.39, 0.29) is 30.8 Å². The lowest BCUT2D eigenvalue weighted by Crippen LogP contribution is -2.42. The van der Waals surface area contributed by atoms with Crippen LogP contribution in [0.25, 0.3) is 0 Å². The predicted molar refractivity (Wildman–Crippen MR) is 52.1 cm³/mol. The van der Waals surface area contributed by atoms with Gasteiger partial charge in [0.05, 0.1) is 12.5 Å². The minimum Gasteiger partial charge on any atom is -0.447 e. The van der Waals surface area contributed by atoms with Crippen molar-refractivity contribution in [2.24, 2.45) is 5.92 Å². The van der Waals surface area contributed by atoms with Crippen LogP contribution < -0.4 is 0 Å². The van der Waals surface area contributed by atoms with Crippen LogP contribution in [-0.2, 0) is 14.3 Å². The van der Waals surface area contributed by atoms with Gasteiger partial charge in [0.25, 0.3) is 0 Å². The fraction of sp³-hybridized carbons (Fsp3) is 0.700. The van der Waals surface area contributed by atoms with Gasteiger partial charge >= 0.3 is 6.09 Å². The summed E-state index contributed by atoms with van der Waals surface area (Å²) in [5.74, 6) is -0.585. The van der Waals surface area contributed by atoms with E-state index in [9.17, 15) is 14.4 Å². The second-order valence-corrected chi connectivity index (χ2v) is 4.03. The molecule has 0 spiro atoms. The summed E-state index contributed by atoms with van der Waals surface area (Å²) in [6.45, 7) is 5.35. The Kier molecular flexibility index (Phi) is 3.44. The lowest BCUT2D eigenvalue weighted by Gasteiger charge is -2.21. The highest BCUT2D eigenvalue weighted by Gasteiger charge is 2.39. The van der Waals surface area contributed by atoms with Crippen molar-refractivity contribution in [1.29, 1.82) is 0 Å². The van der Waals surface area contributed by atoms with Crippen molar-refractivity contribution in [3.05, 3.63) is 0 Å². The van der Waals surface area contributed by atoms with Crippen LogP contribution in [0, 0.1) is 5.92 Å². The van der Waals surface area contributed by atoms with E-state index in [0.29, 0.717) is 0 Å². The molecular weight excluding hydrogens is 198 g/mol. The molecular formula is C10H15NO4. The van der Waals surface area contributed by atoms with Crippen molar-refractivity contribution >= 4 is 17.8 Å². The number of amides is 2. The van der Waals surface area contributed by atoms with E-state index >= 15 is 0 Å². The zero-order chi connectivity index (χ0) is 11.6. The van der Waals surface area contributed by atoms with Crippen molar-refractivity contribution < 1.29 is 19.1 Å². The van der Waals surface area contributed by atoms with Gasteiger partial charge in [0.1, 0.15) is 12.4 Å². The summed E-state index contributed by atoms with van der Waals surface area (Å²) in [4.78, 5) is 34.7. The monoisotopic (exact) mass is 213 g/mol. The third-order valence-corrected chi connectivity index (χ3v) is 2.34. The molecule has 84 valence electrons. The molecule has 1 fully saturated rings. The normalized spacial score (nSPS) is 20.7. The van der Waals surface area contributed by atoms with Gasteiger partial charge in [-0.05, 0) is 12.8 Å². The largest absolute Gasteiger partial charge is 0.447 e. The van der Waals surface area contributed by atoms with Gasteiger partial charge < -0.3 is 4.74 Å². The van der Waals surface area contributed by atoms with E-state index in [1.54, 1.807) is 0 Å². The van der Waals surface area contributed by atoms with Gasteiger partial charge in [-0.2, -0.15) is 0 Å². The quantitative estimate of drug-likeness (QED) is 0.655. The molecule has 2 amide bonds. The minimum atomic E-state index is -0.639. The Labute approximate surface area is 88.4 Å². The number of carbonyl (C=O) groups is 3. The molecule has 5 nitrogen and oxygen atoms in total. The molecule has 1 heterocycles. The zero-order valence-electron chi connectivity index (χ0n) is 9.15. The lowest BCUT2D eigenvalue weighted by atomic mass is 10.0. The molecule has 0 aromatic rings. The van der Waals surface area contributed by atoms with Crippen LogP contribution in [0.1, 0.15) is 27.2 Å². The molecule has 0 radical (unpaired) electrons. The second-order valence-electron chi connectivity index (χ2n) is 4.03. The standard InChI is InChI=1S/C10H15NO4/c1-6(2)8-5-15-10(14)11(8)9(13)4-7(3)12/h6,8H,4-5H2,1-3H3/t8-/m1/s1. The first-order valence-electron chi connectivity index (χ1n) is 4.91. The smallest absolute Gasteiger partial charge is 0.416 e. The van der Waals surface area contributed by atoms with Gasteiger partial charge in [0, 0.05) is 0 Å². The maximum Gasteiger partial charge on any atom is 0.416 e. The molecule has 0 aromatic carbocycles. The Bertz CT molecular complexity index is 298. The Balaban J connectivity index is 2.76. The Morgan fingerprint density at radius 2 is 2.13 bits per heavy atom. The molecule has 15 heavy (non-hydrogen) atoms. The highest BCUT2D eigenvalue weighted by Crippen LogP contribution is 2.20. The Hall–Kier alpha value is -1.39. The van der Waals surface area contributed by atoms with Gasteiger partial charge in [-0.3, -0.25) is 9.59 Å². The Morgan fingerprint density at radius 1 is 1.53 bits per heavy atom. The number of imide groups is 1. The average Bonchev–Trinajstić information content (AvgIpc) is 2.45. The van der Waals surface area contributed by atoms with Gasteiger partial charge in [0.2, 0.25) is 5.91 Å². The van der Waals surface area contributed by atoms with Crippen LogP contribution in [0.4, 0.5) is 4.79 Å². The molecule has 1 rings (SSSR count). The third-order valence-electron chi connectivity index (χ3n) is 2.34. The molecule has 5 heteroatoms. The van der Waals surface area contributed by atoms with Gasteiger partial charge in [-0.15, -0.1) is 0 Å². The number of hydrogen-bond donors (Lipinski definition) is 0. The van der Waals surface area contributed by atoms with Crippen LogP contribution in [0.2, 0.25) is 0 Å². The number of Topliss-reactive ketones (excluding diaryl/α,β-unsaturated/α-hetero) is 1. The summed E-state index contributed by atoms with van der Waals surface area (Å²) in [6, 6.07) is -0.246. The molecule has 1 atom stereocenters. The lowest BCUT2D eigenvalue weighted by molar-refractivity contribution is -0.133. The Morgan fingerprint density at radius 3 is 2.60 bits per heavy atom. The maximum absolute atomic E-state index is 11.6. The molecule has 1 aliphatic rings. The van der Waals surface area contributed by atoms with Crippen LogP contribution in [0.3, 0.4) is 0 Å². The number of rotatable bonds is 3. The van der Waals surface area contributed by atoms with Crippen molar-refractivity contribution in [2.45, 2.75) is 33.2 Å². The second kappa shape index (κ2) is 4.42. The third kappa shape index (κ3) is 2.55. The van der Waals surface area contributed by atoms with E-state index in [1.807, 2.05) is 13.8 Å². The highest BCUT2D eigenvalue weighted by molar-refractivity contribution is 6.03. The first-order valence-corrected chi connectivity index (χ1v) is 4.91. The van der Waals surface area contributed by atoms with Crippen LogP contribution in [0.15, 0.2) is 0 Å². The van der Waals surface area contributed by atoms with Gasteiger partial charge in [-0.25, -0.2) is 9.69 Å². The SMILES string of the molecule is CC(=O)CC(=O)N1C(=O)OC[C@@H]1C(C)C. The number of ketones is 1. The van der Waals surface area contributed by atoms with Crippen molar-refractivity contribution in [3.8, 4) is 0 Å². The summed E-state index contributed by atoms with van der Waals surface area (Å²) in [5, 5.41) is 0. The molecule has 0 bridgehead atoms. The maximum atomic E-state index is 11.6. The van der Waals surface area contributed by atoms with Crippen molar-refractivity contribution in [2.75, 3.05) is 6.61 Å². The topological polar surface area (TPSA) is 63.7 Å². The number of carbonyl (C=O) groups excluding carboxylic acids is 3. The van der Waals surface area contributed by atoms with Crippen molar-refractivity contribution in [1.82, 2.24) is 4.90 Å². The molecule has 0 aromatic heterocycles. The molecule has 0 aliphatic carbocycles. The molecule has 0 N–H and O–H groups in total. The molecule has 1 aliphatic heterocycles. The molecule has 1 saturated heterocycles.